The summed E-state index contributed by atoms with van der Waals surface area (Å²) in [4.78, 5) is 7.73. The first kappa shape index (κ1) is 11.7. The molecule has 0 saturated carbocycles. The van der Waals surface area contributed by atoms with Crippen molar-refractivity contribution in [3.8, 4) is 0 Å². The van der Waals surface area contributed by atoms with Crippen molar-refractivity contribution in [1.82, 2.24) is 9.97 Å². The lowest BCUT2D eigenvalue weighted by Gasteiger charge is -2.19. The largest absolute Gasteiger partial charge is 0.223 e. The van der Waals surface area contributed by atoms with E-state index in [0.29, 0.717) is 10.7 Å². The van der Waals surface area contributed by atoms with E-state index >= 15 is 0 Å². The molecule has 0 saturated heterocycles. The number of thioether (sulfide) groups is 1. The number of halogens is 2. The van der Waals surface area contributed by atoms with Crippen LogP contribution in [0.15, 0.2) is 5.03 Å². The molecule has 1 rings (SSSR count). The Balaban J connectivity index is 3.37. The van der Waals surface area contributed by atoms with Gasteiger partial charge in [0.2, 0.25) is 5.28 Å². The van der Waals surface area contributed by atoms with Gasteiger partial charge in [0.05, 0.1) is 5.69 Å². The van der Waals surface area contributed by atoms with Gasteiger partial charge in [-0.1, -0.05) is 20.8 Å². The zero-order chi connectivity index (χ0) is 10.9. The standard InChI is InChI=1S/C9H12ClFN2S/c1-9(2,3)6-5(11)7(14-4)13-8(10)12-6/h1-4H3. The molecule has 0 fully saturated rings. The van der Waals surface area contributed by atoms with Crippen molar-refractivity contribution in [2.75, 3.05) is 6.26 Å². The highest BCUT2D eigenvalue weighted by molar-refractivity contribution is 7.98. The minimum absolute atomic E-state index is 0.0978. The minimum atomic E-state index is -0.366. The third-order valence-electron chi connectivity index (χ3n) is 1.70. The quantitative estimate of drug-likeness (QED) is 0.424. The Morgan fingerprint density at radius 3 is 2.29 bits per heavy atom. The summed E-state index contributed by atoms with van der Waals surface area (Å²) >= 11 is 6.93. The maximum Gasteiger partial charge on any atom is 0.223 e. The van der Waals surface area contributed by atoms with Gasteiger partial charge in [-0.25, -0.2) is 14.4 Å². The van der Waals surface area contributed by atoms with Gasteiger partial charge in [0.1, 0.15) is 5.03 Å². The second-order valence-electron chi connectivity index (χ2n) is 3.91. The van der Waals surface area contributed by atoms with E-state index in [1.54, 1.807) is 6.26 Å². The predicted octanol–water partition coefficient (Wildman–Crippen LogP) is 3.29. The molecule has 0 spiro atoms. The van der Waals surface area contributed by atoms with Crippen molar-refractivity contribution in [2.24, 2.45) is 0 Å². The Labute approximate surface area is 92.3 Å². The monoisotopic (exact) mass is 234 g/mol. The van der Waals surface area contributed by atoms with Gasteiger partial charge in [-0.15, -0.1) is 11.8 Å². The molecule has 0 unspecified atom stereocenters. The number of aromatic nitrogens is 2. The van der Waals surface area contributed by atoms with Crippen LogP contribution in [0.3, 0.4) is 0 Å². The molecular formula is C9H12ClFN2S. The minimum Gasteiger partial charge on any atom is -0.219 e. The Kier molecular flexibility index (Phi) is 3.37. The van der Waals surface area contributed by atoms with E-state index in [1.165, 1.54) is 11.8 Å². The van der Waals surface area contributed by atoms with Crippen LogP contribution in [0.5, 0.6) is 0 Å². The van der Waals surface area contributed by atoms with Gasteiger partial charge >= 0.3 is 0 Å². The van der Waals surface area contributed by atoms with Crippen LogP contribution in [-0.2, 0) is 5.41 Å². The highest BCUT2D eigenvalue weighted by Crippen LogP contribution is 2.28. The molecule has 14 heavy (non-hydrogen) atoms. The van der Waals surface area contributed by atoms with Gasteiger partial charge in [-0.2, -0.15) is 0 Å². The van der Waals surface area contributed by atoms with E-state index in [-0.39, 0.29) is 16.5 Å². The molecule has 0 bridgehead atoms. The van der Waals surface area contributed by atoms with Gasteiger partial charge in [-0.3, -0.25) is 0 Å². The van der Waals surface area contributed by atoms with Gasteiger partial charge in [-0.05, 0) is 17.9 Å². The maximum atomic E-state index is 13.7. The maximum absolute atomic E-state index is 13.7. The third-order valence-corrected chi connectivity index (χ3v) is 2.52. The molecule has 1 aromatic rings. The molecule has 78 valence electrons. The summed E-state index contributed by atoms with van der Waals surface area (Å²) in [5, 5.41) is 0.399. The molecule has 0 atom stereocenters. The first-order valence-corrected chi connectivity index (χ1v) is 5.74. The molecular weight excluding hydrogens is 223 g/mol. The smallest absolute Gasteiger partial charge is 0.219 e. The van der Waals surface area contributed by atoms with Crippen molar-refractivity contribution >= 4 is 23.4 Å². The van der Waals surface area contributed by atoms with Crippen LogP contribution in [-0.4, -0.2) is 16.2 Å². The van der Waals surface area contributed by atoms with Gasteiger partial charge in [0.25, 0.3) is 0 Å². The van der Waals surface area contributed by atoms with Crippen molar-refractivity contribution < 1.29 is 4.39 Å². The fourth-order valence-electron chi connectivity index (χ4n) is 1.03. The van der Waals surface area contributed by atoms with Crippen molar-refractivity contribution in [2.45, 2.75) is 31.2 Å². The van der Waals surface area contributed by atoms with Crippen molar-refractivity contribution in [3.63, 3.8) is 0 Å². The van der Waals surface area contributed by atoms with Crippen molar-refractivity contribution in [1.29, 1.82) is 0 Å². The second-order valence-corrected chi connectivity index (χ2v) is 5.05. The summed E-state index contributed by atoms with van der Waals surface area (Å²) < 4.78 is 13.7. The third kappa shape index (κ3) is 2.36. The van der Waals surface area contributed by atoms with E-state index in [1.807, 2.05) is 20.8 Å². The zero-order valence-electron chi connectivity index (χ0n) is 8.56. The Morgan fingerprint density at radius 2 is 1.86 bits per heavy atom. The molecule has 2 nitrogen and oxygen atoms in total. The predicted molar refractivity (Wildman–Crippen MR) is 57.5 cm³/mol. The second kappa shape index (κ2) is 4.03. The highest BCUT2D eigenvalue weighted by atomic mass is 35.5. The van der Waals surface area contributed by atoms with Gasteiger partial charge in [0, 0.05) is 5.41 Å². The molecule has 5 heteroatoms. The molecule has 0 aliphatic carbocycles. The number of hydrogen-bond acceptors (Lipinski definition) is 3. The normalized spacial score (nSPS) is 11.9. The van der Waals surface area contributed by atoms with Crippen LogP contribution >= 0.6 is 23.4 Å². The van der Waals surface area contributed by atoms with Crippen LogP contribution in [0.1, 0.15) is 26.5 Å². The van der Waals surface area contributed by atoms with Crippen LogP contribution in [0.2, 0.25) is 5.28 Å². The summed E-state index contributed by atoms with van der Waals surface area (Å²) in [7, 11) is 0. The Hall–Kier alpha value is -0.350. The van der Waals surface area contributed by atoms with Crippen LogP contribution in [0.25, 0.3) is 0 Å². The Bertz CT molecular complexity index is 349. The molecule has 0 aliphatic heterocycles. The summed E-state index contributed by atoms with van der Waals surface area (Å²) in [5.41, 5.74) is 0.00285. The van der Waals surface area contributed by atoms with Crippen LogP contribution in [0.4, 0.5) is 4.39 Å². The van der Waals surface area contributed by atoms with Crippen LogP contribution < -0.4 is 0 Å². The average Bonchev–Trinajstić information content (AvgIpc) is 2.06. The van der Waals surface area contributed by atoms with E-state index < -0.39 is 0 Å². The number of nitrogens with zero attached hydrogens (tertiary/aromatic N) is 2. The molecule has 0 amide bonds. The fourth-order valence-corrected chi connectivity index (χ4v) is 1.71. The summed E-state index contributed by atoms with van der Waals surface area (Å²) in [6.45, 7) is 5.66. The molecule has 0 radical (unpaired) electrons. The first-order valence-electron chi connectivity index (χ1n) is 4.13. The Morgan fingerprint density at radius 1 is 1.29 bits per heavy atom. The molecule has 0 aliphatic rings. The van der Waals surface area contributed by atoms with Crippen molar-refractivity contribution in [3.05, 3.63) is 16.8 Å². The van der Waals surface area contributed by atoms with Gasteiger partial charge < -0.3 is 0 Å². The summed E-state index contributed by atoms with van der Waals surface area (Å²) in [5.74, 6) is -0.366. The molecule has 0 N–H and O–H groups in total. The topological polar surface area (TPSA) is 25.8 Å². The lowest BCUT2D eigenvalue weighted by atomic mass is 9.92. The SMILES string of the molecule is CSc1nc(Cl)nc(C(C)(C)C)c1F. The van der Waals surface area contributed by atoms with Gasteiger partial charge in [0.15, 0.2) is 5.82 Å². The molecule has 0 aromatic carbocycles. The highest BCUT2D eigenvalue weighted by Gasteiger charge is 2.24. The zero-order valence-corrected chi connectivity index (χ0v) is 10.1. The average molecular weight is 235 g/mol. The molecule has 1 aromatic heterocycles. The summed E-state index contributed by atoms with van der Waals surface area (Å²) in [6.07, 6.45) is 1.76. The number of hydrogen-bond donors (Lipinski definition) is 0. The van der Waals surface area contributed by atoms with E-state index in [0.717, 1.165) is 0 Å². The van der Waals surface area contributed by atoms with E-state index in [9.17, 15) is 4.39 Å². The first-order chi connectivity index (χ1) is 6.36. The number of rotatable bonds is 1. The fraction of sp³-hybridized carbons (Fsp3) is 0.556. The lowest BCUT2D eigenvalue weighted by Crippen LogP contribution is -2.17. The lowest BCUT2D eigenvalue weighted by molar-refractivity contribution is 0.480. The van der Waals surface area contributed by atoms with E-state index in [2.05, 4.69) is 9.97 Å². The molecule has 1 heterocycles. The summed E-state index contributed by atoms with van der Waals surface area (Å²) in [6, 6.07) is 0. The van der Waals surface area contributed by atoms with Crippen LogP contribution in [0, 0.1) is 5.82 Å². The van der Waals surface area contributed by atoms with E-state index in [4.69, 9.17) is 11.6 Å².